The minimum Gasteiger partial charge on any atom is -0.300 e. The molecule has 0 radical (unpaired) electrons. The summed E-state index contributed by atoms with van der Waals surface area (Å²) in [7, 11) is 1.94. The zero-order valence-corrected chi connectivity index (χ0v) is 9.21. The Hall–Kier alpha value is -1.12. The number of aryl methyl sites for hydroxylation is 3. The maximum atomic E-state index is 11.1. The van der Waals surface area contributed by atoms with E-state index in [0.717, 1.165) is 24.2 Å². The van der Waals surface area contributed by atoms with Crippen molar-refractivity contribution < 1.29 is 4.79 Å². The Labute approximate surface area is 85.1 Å². The zero-order valence-electron chi connectivity index (χ0n) is 9.21. The van der Waals surface area contributed by atoms with Gasteiger partial charge in [-0.3, -0.25) is 9.48 Å². The van der Waals surface area contributed by atoms with E-state index in [-0.39, 0.29) is 0 Å². The third kappa shape index (κ3) is 2.69. The van der Waals surface area contributed by atoms with E-state index in [0.29, 0.717) is 18.6 Å². The lowest BCUT2D eigenvalue weighted by Gasteiger charge is -1.99. The minimum atomic E-state index is 0.323. The number of aromatic nitrogens is 2. The number of nitrogens with zero attached hydrogens (tertiary/aromatic N) is 2. The second-order valence-electron chi connectivity index (χ2n) is 3.50. The number of hydrogen-bond acceptors (Lipinski definition) is 2. The number of carbonyl (C=O) groups excluding carboxylic acids is 1. The molecule has 0 fully saturated rings. The number of rotatable bonds is 5. The average Bonchev–Trinajstić information content (AvgIpc) is 2.55. The predicted octanol–water partition coefficient (Wildman–Crippen LogP) is 1.89. The van der Waals surface area contributed by atoms with Gasteiger partial charge in [-0.1, -0.05) is 13.8 Å². The SMILES string of the molecule is CCC(=O)CCc1cc(CC)nn1C. The van der Waals surface area contributed by atoms with E-state index in [9.17, 15) is 4.79 Å². The number of carbonyl (C=O) groups is 1. The average molecular weight is 194 g/mol. The Bertz CT molecular complexity index is 315. The molecule has 0 atom stereocenters. The fourth-order valence-corrected chi connectivity index (χ4v) is 1.42. The van der Waals surface area contributed by atoms with E-state index < -0.39 is 0 Å². The van der Waals surface area contributed by atoms with Gasteiger partial charge in [-0.25, -0.2) is 0 Å². The molecule has 0 aliphatic heterocycles. The molecule has 0 amide bonds. The lowest BCUT2D eigenvalue weighted by molar-refractivity contribution is -0.118. The molecule has 0 aliphatic carbocycles. The van der Waals surface area contributed by atoms with Crippen LogP contribution in [0.5, 0.6) is 0 Å². The van der Waals surface area contributed by atoms with Crippen molar-refractivity contribution in [2.45, 2.75) is 39.5 Å². The van der Waals surface area contributed by atoms with Gasteiger partial charge in [0, 0.05) is 25.6 Å². The molecule has 78 valence electrons. The van der Waals surface area contributed by atoms with Crippen LogP contribution in [0.1, 0.15) is 38.1 Å². The molecule has 0 saturated heterocycles. The first-order valence-corrected chi connectivity index (χ1v) is 5.20. The van der Waals surface area contributed by atoms with Gasteiger partial charge in [-0.05, 0) is 18.9 Å². The summed E-state index contributed by atoms with van der Waals surface area (Å²) in [4.78, 5) is 11.1. The van der Waals surface area contributed by atoms with Crippen LogP contribution < -0.4 is 0 Å². The van der Waals surface area contributed by atoms with Gasteiger partial charge in [0.15, 0.2) is 0 Å². The first-order chi connectivity index (χ1) is 6.67. The maximum Gasteiger partial charge on any atom is 0.133 e. The lowest BCUT2D eigenvalue weighted by Crippen LogP contribution is -2.02. The molecule has 0 spiro atoms. The number of hydrogen-bond donors (Lipinski definition) is 0. The summed E-state index contributed by atoms with van der Waals surface area (Å²) >= 11 is 0. The van der Waals surface area contributed by atoms with Crippen LogP contribution in [-0.2, 0) is 24.7 Å². The Balaban J connectivity index is 2.58. The van der Waals surface area contributed by atoms with Crippen molar-refractivity contribution in [3.05, 3.63) is 17.5 Å². The van der Waals surface area contributed by atoms with Crippen molar-refractivity contribution in [2.75, 3.05) is 0 Å². The van der Waals surface area contributed by atoms with Crippen molar-refractivity contribution in [1.82, 2.24) is 9.78 Å². The summed E-state index contributed by atoms with van der Waals surface area (Å²) in [5.74, 6) is 0.323. The first kappa shape index (κ1) is 11.0. The topological polar surface area (TPSA) is 34.9 Å². The van der Waals surface area contributed by atoms with Crippen LogP contribution in [0.2, 0.25) is 0 Å². The fraction of sp³-hybridized carbons (Fsp3) is 0.636. The van der Waals surface area contributed by atoms with Crippen LogP contribution in [-0.4, -0.2) is 15.6 Å². The molecule has 0 aromatic carbocycles. The molecule has 14 heavy (non-hydrogen) atoms. The Morgan fingerprint density at radius 3 is 2.71 bits per heavy atom. The largest absolute Gasteiger partial charge is 0.300 e. The summed E-state index contributed by atoms with van der Waals surface area (Å²) in [5, 5.41) is 4.34. The van der Waals surface area contributed by atoms with E-state index >= 15 is 0 Å². The molecule has 1 aromatic rings. The van der Waals surface area contributed by atoms with Crippen LogP contribution in [0.4, 0.5) is 0 Å². The fourth-order valence-electron chi connectivity index (χ4n) is 1.42. The highest BCUT2D eigenvalue weighted by Gasteiger charge is 2.05. The molecule has 1 rings (SSSR count). The minimum absolute atomic E-state index is 0.323. The predicted molar refractivity (Wildman–Crippen MR) is 56.2 cm³/mol. The van der Waals surface area contributed by atoms with Crippen LogP contribution in [0.25, 0.3) is 0 Å². The van der Waals surface area contributed by atoms with Gasteiger partial charge in [0.05, 0.1) is 5.69 Å². The summed E-state index contributed by atoms with van der Waals surface area (Å²) < 4.78 is 1.88. The lowest BCUT2D eigenvalue weighted by atomic mass is 10.1. The molecule has 0 saturated carbocycles. The van der Waals surface area contributed by atoms with Crippen molar-refractivity contribution in [3.63, 3.8) is 0 Å². The van der Waals surface area contributed by atoms with Gasteiger partial charge in [0.2, 0.25) is 0 Å². The molecule has 0 bridgehead atoms. The van der Waals surface area contributed by atoms with E-state index in [2.05, 4.69) is 18.1 Å². The van der Waals surface area contributed by atoms with Crippen LogP contribution in [0.3, 0.4) is 0 Å². The normalized spacial score (nSPS) is 10.5. The van der Waals surface area contributed by atoms with Gasteiger partial charge >= 0.3 is 0 Å². The maximum absolute atomic E-state index is 11.1. The molecule has 3 heteroatoms. The van der Waals surface area contributed by atoms with Crippen molar-refractivity contribution in [2.24, 2.45) is 7.05 Å². The third-order valence-corrected chi connectivity index (χ3v) is 2.44. The van der Waals surface area contributed by atoms with Gasteiger partial charge in [0.25, 0.3) is 0 Å². The molecule has 0 unspecified atom stereocenters. The Morgan fingerprint density at radius 1 is 1.50 bits per heavy atom. The van der Waals surface area contributed by atoms with Gasteiger partial charge in [-0.2, -0.15) is 5.10 Å². The highest BCUT2D eigenvalue weighted by molar-refractivity contribution is 5.78. The van der Waals surface area contributed by atoms with Gasteiger partial charge in [0.1, 0.15) is 5.78 Å². The summed E-state index contributed by atoms with van der Waals surface area (Å²) in [6.07, 6.45) is 3.05. The highest BCUT2D eigenvalue weighted by atomic mass is 16.1. The molecule has 1 heterocycles. The van der Waals surface area contributed by atoms with Crippen molar-refractivity contribution >= 4 is 5.78 Å². The Kier molecular flexibility index (Phi) is 3.86. The molecular formula is C11H18N2O. The molecule has 0 aliphatic rings. The summed E-state index contributed by atoms with van der Waals surface area (Å²) in [6.45, 7) is 3.99. The first-order valence-electron chi connectivity index (χ1n) is 5.20. The summed E-state index contributed by atoms with van der Waals surface area (Å²) in [6, 6.07) is 2.09. The second kappa shape index (κ2) is 4.94. The van der Waals surface area contributed by atoms with E-state index in [1.165, 1.54) is 0 Å². The van der Waals surface area contributed by atoms with E-state index in [1.54, 1.807) is 0 Å². The number of ketones is 1. The molecule has 0 N–H and O–H groups in total. The van der Waals surface area contributed by atoms with Gasteiger partial charge in [-0.15, -0.1) is 0 Å². The molecular weight excluding hydrogens is 176 g/mol. The standard InChI is InChI=1S/C11H18N2O/c1-4-9-8-10(13(3)12-9)6-7-11(14)5-2/h8H,4-7H2,1-3H3. The van der Waals surface area contributed by atoms with Crippen LogP contribution in [0, 0.1) is 0 Å². The van der Waals surface area contributed by atoms with Gasteiger partial charge < -0.3 is 0 Å². The van der Waals surface area contributed by atoms with Crippen LogP contribution in [0.15, 0.2) is 6.07 Å². The quantitative estimate of drug-likeness (QED) is 0.717. The highest BCUT2D eigenvalue weighted by Crippen LogP contribution is 2.07. The third-order valence-electron chi connectivity index (χ3n) is 2.44. The molecule has 3 nitrogen and oxygen atoms in total. The second-order valence-corrected chi connectivity index (χ2v) is 3.50. The zero-order chi connectivity index (χ0) is 10.6. The summed E-state index contributed by atoms with van der Waals surface area (Å²) in [5.41, 5.74) is 2.26. The van der Waals surface area contributed by atoms with Crippen LogP contribution >= 0.6 is 0 Å². The Morgan fingerprint density at radius 2 is 2.21 bits per heavy atom. The smallest absolute Gasteiger partial charge is 0.133 e. The molecule has 1 aromatic heterocycles. The van der Waals surface area contributed by atoms with Crippen molar-refractivity contribution in [1.29, 1.82) is 0 Å². The number of Topliss-reactive ketones (excluding diaryl/α,β-unsaturated/α-hetero) is 1. The van der Waals surface area contributed by atoms with E-state index in [4.69, 9.17) is 0 Å². The monoisotopic (exact) mass is 194 g/mol. The van der Waals surface area contributed by atoms with Crippen molar-refractivity contribution in [3.8, 4) is 0 Å². The van der Waals surface area contributed by atoms with E-state index in [1.807, 2.05) is 18.7 Å².